The number of methoxy groups -OCH3 is 1. The normalized spacial score (nSPS) is 15.7. The van der Waals surface area contributed by atoms with Gasteiger partial charge in [0, 0.05) is 29.8 Å². The van der Waals surface area contributed by atoms with E-state index in [9.17, 15) is 4.79 Å². The van der Waals surface area contributed by atoms with Gasteiger partial charge in [-0.2, -0.15) is 0 Å². The van der Waals surface area contributed by atoms with Crippen molar-refractivity contribution in [2.75, 3.05) is 13.7 Å². The Hall–Kier alpha value is -2.23. The van der Waals surface area contributed by atoms with Crippen LogP contribution >= 0.6 is 0 Å². The summed E-state index contributed by atoms with van der Waals surface area (Å²) < 4.78 is 13.4. The van der Waals surface area contributed by atoms with E-state index in [1.165, 1.54) is 5.56 Å². The van der Waals surface area contributed by atoms with Gasteiger partial charge in [-0.15, -0.1) is 0 Å². The predicted octanol–water partition coefficient (Wildman–Crippen LogP) is 3.71. The zero-order valence-electron chi connectivity index (χ0n) is 13.6. The quantitative estimate of drug-likeness (QED) is 0.790. The van der Waals surface area contributed by atoms with E-state index in [0.29, 0.717) is 12.4 Å². The Labute approximate surface area is 136 Å². The van der Waals surface area contributed by atoms with E-state index in [4.69, 9.17) is 9.47 Å². The second kappa shape index (κ2) is 5.44. The summed E-state index contributed by atoms with van der Waals surface area (Å²) in [5.74, 6) is 2.03. The van der Waals surface area contributed by atoms with Crippen LogP contribution in [0.3, 0.4) is 0 Å². The number of carbonyl (C=O) groups is 1. The van der Waals surface area contributed by atoms with Gasteiger partial charge in [0.15, 0.2) is 17.3 Å². The highest BCUT2D eigenvalue weighted by molar-refractivity contribution is 6.05. The van der Waals surface area contributed by atoms with Gasteiger partial charge < -0.3 is 14.0 Å². The third-order valence-corrected chi connectivity index (χ3v) is 4.74. The van der Waals surface area contributed by atoms with Crippen molar-refractivity contribution in [1.29, 1.82) is 0 Å². The van der Waals surface area contributed by atoms with Crippen LogP contribution < -0.4 is 9.47 Å². The Balaban J connectivity index is 1.85. The maximum Gasteiger partial charge on any atom is 0.168 e. The van der Waals surface area contributed by atoms with Crippen LogP contribution in [0.25, 0.3) is 11.3 Å². The molecule has 2 aromatic rings. The van der Waals surface area contributed by atoms with E-state index in [1.807, 2.05) is 25.3 Å². The van der Waals surface area contributed by atoms with Gasteiger partial charge in [0.05, 0.1) is 19.4 Å². The number of hydrogen-bond acceptors (Lipinski definition) is 3. The number of benzene rings is 1. The van der Waals surface area contributed by atoms with Crippen LogP contribution in [0.4, 0.5) is 0 Å². The van der Waals surface area contributed by atoms with Crippen LogP contribution in [-0.4, -0.2) is 24.1 Å². The minimum atomic E-state index is 0.233. The molecule has 1 fully saturated rings. The number of ether oxygens (including phenoxy) is 2. The Bertz CT molecular complexity index is 771. The highest BCUT2D eigenvalue weighted by atomic mass is 16.5. The summed E-state index contributed by atoms with van der Waals surface area (Å²) in [6.07, 6.45) is 5.04. The molecule has 1 aromatic heterocycles. The molecule has 0 atom stereocenters. The summed E-state index contributed by atoms with van der Waals surface area (Å²) in [5.41, 5.74) is 4.24. The molecule has 0 radical (unpaired) electrons. The first kappa shape index (κ1) is 14.4. The average Bonchev–Trinajstić information content (AvgIpc) is 3.32. The lowest BCUT2D eigenvalue weighted by Gasteiger charge is -2.23. The van der Waals surface area contributed by atoms with Gasteiger partial charge in [-0.25, -0.2) is 0 Å². The first-order valence-electron chi connectivity index (χ1n) is 8.30. The van der Waals surface area contributed by atoms with Crippen LogP contribution in [0.2, 0.25) is 0 Å². The van der Waals surface area contributed by atoms with E-state index in [2.05, 4.69) is 10.6 Å². The number of aromatic nitrogens is 1. The summed E-state index contributed by atoms with van der Waals surface area (Å²) in [6, 6.07) is 6.07. The first-order chi connectivity index (χ1) is 11.2. The van der Waals surface area contributed by atoms with Gasteiger partial charge in [0.25, 0.3) is 0 Å². The van der Waals surface area contributed by atoms with Gasteiger partial charge in [-0.3, -0.25) is 4.79 Å². The molecule has 1 aliphatic heterocycles. The minimum absolute atomic E-state index is 0.233. The van der Waals surface area contributed by atoms with E-state index >= 15 is 0 Å². The molecular weight excluding hydrogens is 290 g/mol. The number of fused-ring (bicyclic) bond motifs is 3. The van der Waals surface area contributed by atoms with Crippen molar-refractivity contribution in [2.24, 2.45) is 5.92 Å². The van der Waals surface area contributed by atoms with E-state index in [1.54, 1.807) is 7.11 Å². The largest absolute Gasteiger partial charge is 0.493 e. The molecule has 23 heavy (non-hydrogen) atoms. The topological polar surface area (TPSA) is 40.5 Å². The number of hydrogen-bond donors (Lipinski definition) is 0. The van der Waals surface area contributed by atoms with Gasteiger partial charge in [0.2, 0.25) is 0 Å². The lowest BCUT2D eigenvalue weighted by molar-refractivity contribution is 0.0968. The predicted molar refractivity (Wildman–Crippen MR) is 88.3 cm³/mol. The van der Waals surface area contributed by atoms with Gasteiger partial charge in [-0.05, 0) is 49.9 Å². The fraction of sp³-hybridized carbons (Fsp3) is 0.421. The van der Waals surface area contributed by atoms with Crippen LogP contribution in [-0.2, 0) is 13.0 Å². The highest BCUT2D eigenvalue weighted by Crippen LogP contribution is 2.42. The van der Waals surface area contributed by atoms with Gasteiger partial charge in [0.1, 0.15) is 0 Å². The van der Waals surface area contributed by atoms with Crippen LogP contribution in [0.1, 0.15) is 35.7 Å². The van der Waals surface area contributed by atoms with Crippen molar-refractivity contribution in [3.05, 3.63) is 35.5 Å². The molecule has 0 amide bonds. The Morgan fingerprint density at radius 1 is 1.30 bits per heavy atom. The molecule has 2 heterocycles. The van der Waals surface area contributed by atoms with Crippen LogP contribution in [0.15, 0.2) is 24.4 Å². The third-order valence-electron chi connectivity index (χ3n) is 4.74. The number of rotatable bonds is 5. The summed E-state index contributed by atoms with van der Waals surface area (Å²) in [6.45, 7) is 3.48. The van der Waals surface area contributed by atoms with Gasteiger partial charge in [-0.1, -0.05) is 0 Å². The summed E-state index contributed by atoms with van der Waals surface area (Å²) in [7, 11) is 1.66. The molecule has 4 rings (SSSR count). The second-order valence-electron chi connectivity index (χ2n) is 6.25. The SMILES string of the molecule is CCOc1cc2c(cc1OC)-c1c(C(=O)C3CC3)ccn1CC2. The van der Waals surface area contributed by atoms with E-state index in [-0.39, 0.29) is 5.92 Å². The first-order valence-corrected chi connectivity index (χ1v) is 8.30. The van der Waals surface area contributed by atoms with Crippen molar-refractivity contribution < 1.29 is 14.3 Å². The zero-order chi connectivity index (χ0) is 16.0. The molecule has 0 unspecified atom stereocenters. The highest BCUT2D eigenvalue weighted by Gasteiger charge is 2.34. The van der Waals surface area contributed by atoms with Crippen LogP contribution in [0, 0.1) is 5.92 Å². The maximum absolute atomic E-state index is 12.6. The molecule has 4 heteroatoms. The number of carbonyl (C=O) groups excluding carboxylic acids is 1. The Kier molecular flexibility index (Phi) is 3.40. The standard InChI is InChI=1S/C19H21NO3/c1-3-23-17-10-13-6-8-20-9-7-14(19(21)12-4-5-12)18(20)15(13)11-16(17)22-2/h7,9-12H,3-6,8H2,1-2H3. The van der Waals surface area contributed by atoms with Crippen molar-refractivity contribution in [3.63, 3.8) is 0 Å². The molecule has 2 aliphatic rings. The minimum Gasteiger partial charge on any atom is -0.493 e. The number of aryl methyl sites for hydroxylation is 2. The fourth-order valence-electron chi connectivity index (χ4n) is 3.42. The second-order valence-corrected chi connectivity index (χ2v) is 6.25. The van der Waals surface area contributed by atoms with Crippen molar-refractivity contribution in [1.82, 2.24) is 4.57 Å². The lowest BCUT2D eigenvalue weighted by Crippen LogP contribution is -2.13. The molecule has 120 valence electrons. The number of ketones is 1. The van der Waals surface area contributed by atoms with Crippen molar-refractivity contribution >= 4 is 5.78 Å². The van der Waals surface area contributed by atoms with Gasteiger partial charge >= 0.3 is 0 Å². The summed E-state index contributed by atoms with van der Waals surface area (Å²) in [5, 5.41) is 0. The van der Waals surface area contributed by atoms with Crippen molar-refractivity contribution in [3.8, 4) is 22.8 Å². The molecule has 0 saturated heterocycles. The molecule has 1 saturated carbocycles. The van der Waals surface area contributed by atoms with E-state index in [0.717, 1.165) is 54.1 Å². The molecule has 4 nitrogen and oxygen atoms in total. The molecule has 0 N–H and O–H groups in total. The monoisotopic (exact) mass is 311 g/mol. The zero-order valence-corrected chi connectivity index (χ0v) is 13.6. The Morgan fingerprint density at radius 2 is 2.13 bits per heavy atom. The molecular formula is C19H21NO3. The molecule has 0 bridgehead atoms. The maximum atomic E-state index is 12.6. The van der Waals surface area contributed by atoms with E-state index < -0.39 is 0 Å². The third kappa shape index (κ3) is 2.33. The summed E-state index contributed by atoms with van der Waals surface area (Å²) >= 11 is 0. The van der Waals surface area contributed by atoms with Crippen molar-refractivity contribution in [2.45, 2.75) is 32.7 Å². The number of Topliss-reactive ketones (excluding diaryl/α,β-unsaturated/α-hetero) is 1. The average molecular weight is 311 g/mol. The van der Waals surface area contributed by atoms with Crippen LogP contribution in [0.5, 0.6) is 11.5 Å². The Morgan fingerprint density at radius 3 is 2.83 bits per heavy atom. The number of nitrogens with zero attached hydrogens (tertiary/aromatic N) is 1. The lowest BCUT2D eigenvalue weighted by atomic mass is 9.93. The smallest absolute Gasteiger partial charge is 0.168 e. The summed E-state index contributed by atoms with van der Waals surface area (Å²) in [4.78, 5) is 12.6. The molecule has 1 aromatic carbocycles. The molecule has 0 spiro atoms. The molecule has 1 aliphatic carbocycles. The fourth-order valence-corrected chi connectivity index (χ4v) is 3.42.